The highest BCUT2D eigenvalue weighted by atomic mass is 35.5. The van der Waals surface area contributed by atoms with E-state index in [4.69, 9.17) is 38.8 Å². The molecule has 0 aliphatic carbocycles. The van der Waals surface area contributed by atoms with Gasteiger partial charge in [0.15, 0.2) is 0 Å². The van der Waals surface area contributed by atoms with E-state index in [1.54, 1.807) is 0 Å². The Hall–Kier alpha value is -0.120. The molecule has 0 rings (SSSR count). The Bertz CT molecular complexity index is 139. The minimum Gasteiger partial charge on any atom is -0.364 e. The predicted octanol–water partition coefficient (Wildman–Crippen LogP) is 2.30. The first kappa shape index (κ1) is 12.9. The van der Waals surface area contributed by atoms with Gasteiger partial charge in [0.25, 0.3) is 0 Å². The van der Waals surface area contributed by atoms with Crippen molar-refractivity contribution in [1.29, 1.82) is 10.8 Å². The van der Waals surface area contributed by atoms with Gasteiger partial charge >= 0.3 is 0 Å². The zero-order valence-corrected chi connectivity index (χ0v) is 8.81. The first-order chi connectivity index (χ1) is 6.28. The molecule has 13 heavy (non-hydrogen) atoms. The molecule has 0 amide bonds. The molecule has 0 saturated heterocycles. The lowest BCUT2D eigenvalue weighted by Crippen LogP contribution is -2.25. The Kier molecular flexibility index (Phi) is 8.40. The van der Waals surface area contributed by atoms with Gasteiger partial charge in [0.2, 0.25) is 0 Å². The van der Waals surface area contributed by atoms with Crippen LogP contribution < -0.4 is 0 Å². The third-order valence-electron chi connectivity index (χ3n) is 1.51. The molecule has 0 fully saturated rings. The van der Waals surface area contributed by atoms with Crippen LogP contribution in [0.5, 0.6) is 0 Å². The van der Waals surface area contributed by atoms with Gasteiger partial charge in [-0.2, -0.15) is 0 Å². The minimum absolute atomic E-state index is 0.299. The molecule has 0 heterocycles. The van der Waals surface area contributed by atoms with E-state index in [1.165, 1.54) is 12.4 Å². The highest BCUT2D eigenvalue weighted by molar-refractivity contribution is 6.18. The molecule has 0 aromatic carbocycles. The monoisotopic (exact) mass is 224 g/mol. The molecule has 0 aromatic rings. The van der Waals surface area contributed by atoms with Crippen LogP contribution in [-0.2, 0) is 4.74 Å². The first-order valence-electron chi connectivity index (χ1n) is 4.07. The Morgan fingerprint density at radius 2 is 1.38 bits per heavy atom. The summed E-state index contributed by atoms with van der Waals surface area (Å²) in [7, 11) is 0. The van der Waals surface area contributed by atoms with Crippen LogP contribution in [0.4, 0.5) is 0 Å². The minimum atomic E-state index is -0.299. The fourth-order valence-corrected chi connectivity index (χ4v) is 1.25. The van der Waals surface area contributed by atoms with Crippen molar-refractivity contribution >= 4 is 35.6 Å². The normalized spacial score (nSPS) is 14.9. The SMILES string of the molecule is N=CC(CCCl)OC(C=N)CCCl. The lowest BCUT2D eigenvalue weighted by atomic mass is 10.2. The van der Waals surface area contributed by atoms with Gasteiger partial charge in [-0.15, -0.1) is 23.2 Å². The third kappa shape index (κ3) is 6.02. The molecule has 0 saturated carbocycles. The fourth-order valence-electron chi connectivity index (χ4n) is 0.821. The van der Waals surface area contributed by atoms with Crippen LogP contribution in [0, 0.1) is 10.8 Å². The highest BCUT2D eigenvalue weighted by Gasteiger charge is 2.11. The summed E-state index contributed by atoms with van der Waals surface area (Å²) >= 11 is 11.0. The second-order valence-electron chi connectivity index (χ2n) is 2.50. The number of halogens is 2. The molecule has 0 aliphatic rings. The quantitative estimate of drug-likeness (QED) is 0.483. The summed E-state index contributed by atoms with van der Waals surface area (Å²) < 4.78 is 5.37. The van der Waals surface area contributed by atoms with Gasteiger partial charge in [-0.25, -0.2) is 0 Å². The summed E-state index contributed by atoms with van der Waals surface area (Å²) in [4.78, 5) is 0. The summed E-state index contributed by atoms with van der Waals surface area (Å²) in [5, 5.41) is 14.1. The number of ether oxygens (including phenoxy) is 1. The Morgan fingerprint density at radius 3 is 1.62 bits per heavy atom. The van der Waals surface area contributed by atoms with Gasteiger partial charge in [0.1, 0.15) is 0 Å². The van der Waals surface area contributed by atoms with E-state index in [-0.39, 0.29) is 12.2 Å². The van der Waals surface area contributed by atoms with Crippen molar-refractivity contribution in [3.8, 4) is 0 Å². The number of alkyl halides is 2. The van der Waals surface area contributed by atoms with Crippen LogP contribution in [0.25, 0.3) is 0 Å². The molecule has 2 atom stereocenters. The lowest BCUT2D eigenvalue weighted by molar-refractivity contribution is 0.0658. The molecule has 0 aromatic heterocycles. The van der Waals surface area contributed by atoms with E-state index in [0.717, 1.165) is 0 Å². The van der Waals surface area contributed by atoms with Gasteiger partial charge in [0, 0.05) is 24.2 Å². The molecule has 5 heteroatoms. The number of nitrogens with one attached hydrogen (secondary N) is 2. The highest BCUT2D eigenvalue weighted by Crippen LogP contribution is 2.05. The summed E-state index contributed by atoms with van der Waals surface area (Å²) in [6.45, 7) is 0. The largest absolute Gasteiger partial charge is 0.364 e. The number of hydrogen-bond acceptors (Lipinski definition) is 3. The van der Waals surface area contributed by atoms with Crippen molar-refractivity contribution in [2.75, 3.05) is 11.8 Å². The Morgan fingerprint density at radius 1 is 1.00 bits per heavy atom. The van der Waals surface area contributed by atoms with Crippen molar-refractivity contribution in [3.05, 3.63) is 0 Å². The number of hydrogen-bond donors (Lipinski definition) is 2. The third-order valence-corrected chi connectivity index (χ3v) is 1.95. The van der Waals surface area contributed by atoms with Gasteiger partial charge < -0.3 is 15.6 Å². The lowest BCUT2D eigenvalue weighted by Gasteiger charge is -2.17. The molecule has 2 unspecified atom stereocenters. The van der Waals surface area contributed by atoms with Crippen molar-refractivity contribution in [2.45, 2.75) is 25.0 Å². The van der Waals surface area contributed by atoms with Crippen molar-refractivity contribution in [1.82, 2.24) is 0 Å². The Labute approximate surface area is 88.4 Å². The summed E-state index contributed by atoms with van der Waals surface area (Å²) in [6.07, 6.45) is 3.00. The second kappa shape index (κ2) is 8.48. The van der Waals surface area contributed by atoms with Crippen LogP contribution in [0.3, 0.4) is 0 Å². The van der Waals surface area contributed by atoms with E-state index >= 15 is 0 Å². The van der Waals surface area contributed by atoms with Crippen molar-refractivity contribution < 1.29 is 4.74 Å². The zero-order chi connectivity index (χ0) is 10.1. The molecule has 0 aliphatic heterocycles. The molecule has 0 radical (unpaired) electrons. The van der Waals surface area contributed by atoms with Crippen LogP contribution in [0.1, 0.15) is 12.8 Å². The molecular weight excluding hydrogens is 211 g/mol. The zero-order valence-electron chi connectivity index (χ0n) is 7.30. The smallest absolute Gasteiger partial charge is 0.0939 e. The summed E-state index contributed by atoms with van der Waals surface area (Å²) in [5.41, 5.74) is 0. The molecule has 0 spiro atoms. The summed E-state index contributed by atoms with van der Waals surface area (Å²) in [5.74, 6) is 0.900. The maximum absolute atomic E-state index is 7.05. The summed E-state index contributed by atoms with van der Waals surface area (Å²) in [6, 6.07) is 0. The molecule has 3 nitrogen and oxygen atoms in total. The van der Waals surface area contributed by atoms with Gasteiger partial charge in [-0.3, -0.25) is 0 Å². The first-order valence-corrected chi connectivity index (χ1v) is 5.14. The predicted molar refractivity (Wildman–Crippen MR) is 56.9 cm³/mol. The second-order valence-corrected chi connectivity index (χ2v) is 3.26. The van der Waals surface area contributed by atoms with Crippen molar-refractivity contribution in [2.24, 2.45) is 0 Å². The van der Waals surface area contributed by atoms with Gasteiger partial charge in [0.05, 0.1) is 12.2 Å². The van der Waals surface area contributed by atoms with Crippen LogP contribution >= 0.6 is 23.2 Å². The Balaban J connectivity index is 3.86. The molecular formula is C8H14Cl2N2O. The maximum atomic E-state index is 7.05. The standard InChI is InChI=1S/C8H14Cl2N2O/c9-3-1-7(5-11)13-8(6-12)2-4-10/h5-8,11-12H,1-4H2. The van der Waals surface area contributed by atoms with Gasteiger partial charge in [-0.1, -0.05) is 0 Å². The van der Waals surface area contributed by atoms with E-state index in [0.29, 0.717) is 24.6 Å². The van der Waals surface area contributed by atoms with E-state index in [1.807, 2.05) is 0 Å². The van der Waals surface area contributed by atoms with E-state index in [2.05, 4.69) is 0 Å². The molecule has 0 bridgehead atoms. The molecule has 76 valence electrons. The number of rotatable bonds is 8. The van der Waals surface area contributed by atoms with Crippen LogP contribution in [0.2, 0.25) is 0 Å². The fraction of sp³-hybridized carbons (Fsp3) is 0.750. The topological polar surface area (TPSA) is 56.9 Å². The van der Waals surface area contributed by atoms with Crippen LogP contribution in [-0.4, -0.2) is 36.4 Å². The van der Waals surface area contributed by atoms with Gasteiger partial charge in [-0.05, 0) is 12.8 Å². The van der Waals surface area contributed by atoms with Crippen LogP contribution in [0.15, 0.2) is 0 Å². The average molecular weight is 225 g/mol. The maximum Gasteiger partial charge on any atom is 0.0939 e. The van der Waals surface area contributed by atoms with E-state index in [9.17, 15) is 0 Å². The van der Waals surface area contributed by atoms with E-state index < -0.39 is 0 Å². The molecule has 2 N–H and O–H groups in total. The average Bonchev–Trinajstić information content (AvgIpc) is 2.16. The van der Waals surface area contributed by atoms with Crippen molar-refractivity contribution in [3.63, 3.8) is 0 Å².